The average molecular weight is 494 g/mol. The van der Waals surface area contributed by atoms with Gasteiger partial charge in [-0.3, -0.25) is 0 Å². The molecule has 0 aliphatic rings. The minimum absolute atomic E-state index is 0.539. The van der Waals surface area contributed by atoms with E-state index in [1.165, 1.54) is 57.8 Å². The lowest BCUT2D eigenvalue weighted by atomic mass is 10.1. The molecule has 0 spiro atoms. The van der Waals surface area contributed by atoms with E-state index in [1.54, 1.807) is 0 Å². The molecule has 0 aliphatic heterocycles. The number of ether oxygens (including phenoxy) is 7. The minimum Gasteiger partial charge on any atom is -0.379 e. The van der Waals surface area contributed by atoms with Crippen LogP contribution in [0.3, 0.4) is 0 Å². The summed E-state index contributed by atoms with van der Waals surface area (Å²) in [6.07, 6.45) is 13.5. The first kappa shape index (κ1) is 33.7. The molecule has 0 unspecified atom stereocenters. The predicted octanol–water partition coefficient (Wildman–Crippen LogP) is 3.98. The molecule has 0 amide bonds. The van der Waals surface area contributed by atoms with Crippen molar-refractivity contribution in [2.45, 2.75) is 71.1 Å². The highest BCUT2D eigenvalue weighted by Crippen LogP contribution is 2.10. The van der Waals surface area contributed by atoms with Crippen LogP contribution in [0, 0.1) is 0 Å². The number of nitrogens with two attached hydrogens (primary N) is 1. The van der Waals surface area contributed by atoms with Gasteiger partial charge in [-0.15, -0.1) is 0 Å². The van der Waals surface area contributed by atoms with Gasteiger partial charge in [-0.2, -0.15) is 0 Å². The normalized spacial score (nSPS) is 11.5. The Hall–Kier alpha value is -0.320. The van der Waals surface area contributed by atoms with Crippen LogP contribution < -0.4 is 5.73 Å². The SMILES string of the molecule is CCCCCCCCCCCCOCCOCCOCCOCCOCCOCCOCCN. The van der Waals surface area contributed by atoms with Crippen molar-refractivity contribution in [1.29, 1.82) is 0 Å². The van der Waals surface area contributed by atoms with Gasteiger partial charge in [0.1, 0.15) is 0 Å². The standard InChI is InChI=1S/C26H55NO7/c1-2-3-4-5-6-7-8-9-10-11-13-28-15-17-30-19-21-32-23-25-34-26-24-33-22-20-31-18-16-29-14-12-27/h2-27H2,1H3. The molecule has 206 valence electrons. The van der Waals surface area contributed by atoms with Gasteiger partial charge < -0.3 is 38.9 Å². The Morgan fingerprint density at radius 2 is 0.588 bits per heavy atom. The smallest absolute Gasteiger partial charge is 0.0701 e. The first-order chi connectivity index (χ1) is 16.9. The fourth-order valence-electron chi connectivity index (χ4n) is 3.20. The Bertz CT molecular complexity index is 319. The van der Waals surface area contributed by atoms with Gasteiger partial charge in [0.2, 0.25) is 0 Å². The number of hydrogen-bond acceptors (Lipinski definition) is 8. The van der Waals surface area contributed by atoms with Gasteiger partial charge in [-0.05, 0) is 6.42 Å². The zero-order valence-electron chi connectivity index (χ0n) is 22.1. The lowest BCUT2D eigenvalue weighted by Gasteiger charge is -2.08. The fraction of sp³-hybridized carbons (Fsp3) is 1.00. The highest BCUT2D eigenvalue weighted by atomic mass is 16.6. The van der Waals surface area contributed by atoms with Crippen molar-refractivity contribution in [3.8, 4) is 0 Å². The molecule has 0 saturated carbocycles. The van der Waals surface area contributed by atoms with Crippen LogP contribution in [0.4, 0.5) is 0 Å². The molecule has 0 aromatic rings. The number of unbranched alkanes of at least 4 members (excludes halogenated alkanes) is 9. The molecule has 0 atom stereocenters. The summed E-state index contributed by atoms with van der Waals surface area (Å²) >= 11 is 0. The van der Waals surface area contributed by atoms with E-state index in [4.69, 9.17) is 38.9 Å². The van der Waals surface area contributed by atoms with Crippen LogP contribution in [0.25, 0.3) is 0 Å². The minimum atomic E-state index is 0.539. The molecular formula is C26H55NO7. The Balaban J connectivity index is 2.99. The zero-order valence-corrected chi connectivity index (χ0v) is 22.1. The molecule has 34 heavy (non-hydrogen) atoms. The first-order valence-electron chi connectivity index (χ1n) is 13.7. The van der Waals surface area contributed by atoms with Crippen molar-refractivity contribution in [3.05, 3.63) is 0 Å². The highest BCUT2D eigenvalue weighted by Gasteiger charge is 1.96. The lowest BCUT2D eigenvalue weighted by molar-refractivity contribution is -0.0203. The van der Waals surface area contributed by atoms with Gasteiger partial charge in [0, 0.05) is 13.2 Å². The Morgan fingerprint density at radius 1 is 0.324 bits per heavy atom. The summed E-state index contributed by atoms with van der Waals surface area (Å²) in [6.45, 7) is 11.1. The molecule has 0 fully saturated rings. The molecule has 0 rings (SSSR count). The van der Waals surface area contributed by atoms with Crippen LogP contribution in [-0.2, 0) is 33.2 Å². The van der Waals surface area contributed by atoms with Gasteiger partial charge in [0.15, 0.2) is 0 Å². The number of hydrogen-bond donors (Lipinski definition) is 1. The summed E-state index contributed by atoms with van der Waals surface area (Å²) in [7, 11) is 0. The summed E-state index contributed by atoms with van der Waals surface area (Å²) in [5.41, 5.74) is 5.32. The van der Waals surface area contributed by atoms with E-state index in [-0.39, 0.29) is 0 Å². The van der Waals surface area contributed by atoms with Crippen molar-refractivity contribution in [3.63, 3.8) is 0 Å². The molecular weight excluding hydrogens is 438 g/mol. The van der Waals surface area contributed by atoms with Gasteiger partial charge >= 0.3 is 0 Å². The lowest BCUT2D eigenvalue weighted by Crippen LogP contribution is -2.15. The van der Waals surface area contributed by atoms with Gasteiger partial charge in [-0.1, -0.05) is 64.7 Å². The third kappa shape index (κ3) is 31.7. The third-order valence-corrected chi connectivity index (χ3v) is 5.14. The Morgan fingerprint density at radius 3 is 0.912 bits per heavy atom. The second-order valence-electron chi connectivity index (χ2n) is 8.26. The number of rotatable bonds is 31. The van der Waals surface area contributed by atoms with Crippen molar-refractivity contribution in [2.75, 3.05) is 99.0 Å². The molecule has 0 saturated heterocycles. The molecule has 8 nitrogen and oxygen atoms in total. The topological polar surface area (TPSA) is 90.6 Å². The predicted molar refractivity (Wildman–Crippen MR) is 137 cm³/mol. The van der Waals surface area contributed by atoms with Crippen LogP contribution >= 0.6 is 0 Å². The van der Waals surface area contributed by atoms with Gasteiger partial charge in [-0.25, -0.2) is 0 Å². The second-order valence-corrected chi connectivity index (χ2v) is 8.26. The third-order valence-electron chi connectivity index (χ3n) is 5.14. The molecule has 0 heterocycles. The summed E-state index contributed by atoms with van der Waals surface area (Å²) in [5, 5.41) is 0. The molecule has 0 radical (unpaired) electrons. The van der Waals surface area contributed by atoms with Crippen molar-refractivity contribution in [1.82, 2.24) is 0 Å². The van der Waals surface area contributed by atoms with Crippen LogP contribution in [0.5, 0.6) is 0 Å². The Kier molecular flexibility index (Phi) is 32.4. The van der Waals surface area contributed by atoms with E-state index in [0.717, 1.165) is 13.0 Å². The molecule has 8 heteroatoms. The summed E-state index contributed by atoms with van der Waals surface area (Å²) in [6, 6.07) is 0. The van der Waals surface area contributed by atoms with Gasteiger partial charge in [0.25, 0.3) is 0 Å². The van der Waals surface area contributed by atoms with E-state index in [9.17, 15) is 0 Å². The quantitative estimate of drug-likeness (QED) is 0.145. The summed E-state index contributed by atoms with van der Waals surface area (Å²) in [4.78, 5) is 0. The largest absolute Gasteiger partial charge is 0.379 e. The van der Waals surface area contributed by atoms with Crippen LogP contribution in [0.15, 0.2) is 0 Å². The van der Waals surface area contributed by atoms with E-state index in [2.05, 4.69) is 6.92 Å². The molecule has 0 aromatic heterocycles. The van der Waals surface area contributed by atoms with Crippen LogP contribution in [0.1, 0.15) is 71.1 Å². The molecule has 0 aliphatic carbocycles. The van der Waals surface area contributed by atoms with Crippen molar-refractivity contribution in [2.24, 2.45) is 5.73 Å². The van der Waals surface area contributed by atoms with Crippen molar-refractivity contribution >= 4 is 0 Å². The molecule has 0 aromatic carbocycles. The Labute approximate surface area is 209 Å². The summed E-state index contributed by atoms with van der Waals surface area (Å²) in [5.74, 6) is 0. The first-order valence-corrected chi connectivity index (χ1v) is 13.7. The highest BCUT2D eigenvalue weighted by molar-refractivity contribution is 4.47. The van der Waals surface area contributed by atoms with Crippen molar-refractivity contribution < 1.29 is 33.2 Å². The van der Waals surface area contributed by atoms with Gasteiger partial charge in [0.05, 0.1) is 85.9 Å². The molecule has 0 bridgehead atoms. The van der Waals surface area contributed by atoms with E-state index < -0.39 is 0 Å². The zero-order chi connectivity index (χ0) is 24.6. The van der Waals surface area contributed by atoms with E-state index >= 15 is 0 Å². The summed E-state index contributed by atoms with van der Waals surface area (Å²) < 4.78 is 38.1. The maximum absolute atomic E-state index is 5.62. The average Bonchev–Trinajstić information content (AvgIpc) is 2.85. The van der Waals surface area contributed by atoms with Crippen LogP contribution in [-0.4, -0.2) is 99.0 Å². The van der Waals surface area contributed by atoms with E-state index in [1.807, 2.05) is 0 Å². The molecule has 2 N–H and O–H groups in total. The maximum Gasteiger partial charge on any atom is 0.0701 e. The maximum atomic E-state index is 5.62. The fourth-order valence-corrected chi connectivity index (χ4v) is 3.20. The second kappa shape index (κ2) is 32.7. The van der Waals surface area contributed by atoms with E-state index in [0.29, 0.717) is 92.4 Å². The monoisotopic (exact) mass is 493 g/mol. The van der Waals surface area contributed by atoms with Crippen LogP contribution in [0.2, 0.25) is 0 Å².